The maximum Gasteiger partial charge on any atom is 0.0660 e. The fraction of sp³-hybridized carbons (Fsp3) is 0.400. The van der Waals surface area contributed by atoms with E-state index in [1.807, 2.05) is 47.5 Å². The van der Waals surface area contributed by atoms with E-state index in [1.165, 1.54) is 11.1 Å². The lowest BCUT2D eigenvalue weighted by Crippen LogP contribution is -2.08. The molecule has 2 aromatic carbocycles. The van der Waals surface area contributed by atoms with Crippen LogP contribution in [0.4, 0.5) is 0 Å². The van der Waals surface area contributed by atoms with Crippen molar-refractivity contribution < 1.29 is 10.2 Å². The van der Waals surface area contributed by atoms with Crippen molar-refractivity contribution in [1.82, 2.24) is 19.6 Å². The van der Waals surface area contributed by atoms with Gasteiger partial charge in [0.1, 0.15) is 0 Å². The molecule has 40 heavy (non-hydrogen) atoms. The second kappa shape index (κ2) is 15.2. The van der Waals surface area contributed by atoms with Crippen molar-refractivity contribution >= 4 is 46.4 Å². The lowest BCUT2D eigenvalue weighted by molar-refractivity contribution is 0.267. The molecule has 2 aromatic heterocycles. The first-order valence-corrected chi connectivity index (χ1v) is 14.8. The van der Waals surface area contributed by atoms with Crippen LogP contribution in [0.2, 0.25) is 20.1 Å². The number of aliphatic hydroxyl groups is 2. The molecule has 0 radical (unpaired) electrons. The van der Waals surface area contributed by atoms with Crippen LogP contribution in [0.1, 0.15) is 58.9 Å². The fourth-order valence-corrected chi connectivity index (χ4v) is 6.02. The summed E-state index contributed by atoms with van der Waals surface area (Å²) in [4.78, 5) is 0. The third-order valence-electron chi connectivity index (χ3n) is 6.68. The van der Waals surface area contributed by atoms with Crippen LogP contribution in [0.3, 0.4) is 0 Å². The number of nitrogens with zero attached hydrogens (tertiary/aromatic N) is 4. The normalized spacial score (nSPS) is 11.1. The van der Waals surface area contributed by atoms with Crippen molar-refractivity contribution in [3.8, 4) is 0 Å². The lowest BCUT2D eigenvalue weighted by Gasteiger charge is -2.07. The average Bonchev–Trinajstić information content (AvgIpc) is 3.33. The maximum atomic E-state index is 9.11. The molecule has 0 aliphatic heterocycles. The number of benzene rings is 2. The Labute approximate surface area is 256 Å². The Morgan fingerprint density at radius 2 is 1.12 bits per heavy atom. The molecule has 2 heterocycles. The van der Waals surface area contributed by atoms with Crippen molar-refractivity contribution in [2.45, 2.75) is 66.5 Å². The molecule has 216 valence electrons. The van der Waals surface area contributed by atoms with E-state index >= 15 is 0 Å². The van der Waals surface area contributed by atoms with Gasteiger partial charge in [0.05, 0.1) is 37.7 Å². The van der Waals surface area contributed by atoms with Crippen molar-refractivity contribution in [3.05, 3.63) is 102 Å². The Balaban J connectivity index is 0.000000220. The van der Waals surface area contributed by atoms with Gasteiger partial charge in [-0.25, -0.2) is 0 Å². The van der Waals surface area contributed by atoms with Crippen molar-refractivity contribution in [3.63, 3.8) is 0 Å². The van der Waals surface area contributed by atoms with Crippen LogP contribution in [-0.2, 0) is 38.8 Å². The van der Waals surface area contributed by atoms with Gasteiger partial charge in [-0.1, -0.05) is 60.3 Å². The minimum absolute atomic E-state index is 0.0914. The summed E-state index contributed by atoms with van der Waals surface area (Å²) in [6, 6.07) is 11.2. The lowest BCUT2D eigenvalue weighted by atomic mass is 10.0. The van der Waals surface area contributed by atoms with E-state index in [0.717, 1.165) is 59.6 Å². The van der Waals surface area contributed by atoms with Gasteiger partial charge >= 0.3 is 0 Å². The third kappa shape index (κ3) is 8.48. The largest absolute Gasteiger partial charge is 0.394 e. The molecule has 6 nitrogen and oxygen atoms in total. The van der Waals surface area contributed by atoms with Gasteiger partial charge in [-0.05, 0) is 74.2 Å². The van der Waals surface area contributed by atoms with Gasteiger partial charge in [-0.15, -0.1) is 0 Å². The highest BCUT2D eigenvalue weighted by molar-refractivity contribution is 6.35. The number of aromatic nitrogens is 4. The molecule has 0 unspecified atom stereocenters. The predicted molar refractivity (Wildman–Crippen MR) is 165 cm³/mol. The second-order valence-electron chi connectivity index (χ2n) is 9.53. The highest BCUT2D eigenvalue weighted by Crippen LogP contribution is 2.25. The van der Waals surface area contributed by atoms with Crippen LogP contribution >= 0.6 is 46.4 Å². The molecule has 0 fully saturated rings. The summed E-state index contributed by atoms with van der Waals surface area (Å²) >= 11 is 24.2. The zero-order chi connectivity index (χ0) is 29.4. The molecule has 0 saturated carbocycles. The minimum atomic E-state index is 0.0914. The predicted octanol–water partition coefficient (Wildman–Crippen LogP) is 7.29. The van der Waals surface area contributed by atoms with Gasteiger partial charge in [0.25, 0.3) is 0 Å². The second-order valence-corrected chi connectivity index (χ2v) is 11.3. The van der Waals surface area contributed by atoms with Crippen LogP contribution in [0.15, 0.2) is 36.4 Å². The SMILES string of the molecule is CCc1c(Cc2cc(Cl)cc(Cl)c2)c(C)nn1CCO.CCc1nn(CCO)c(C)c1Cc1cc(Cl)cc(Cl)c1. The van der Waals surface area contributed by atoms with Crippen LogP contribution in [0.25, 0.3) is 0 Å². The van der Waals surface area contributed by atoms with Crippen molar-refractivity contribution in [1.29, 1.82) is 0 Å². The van der Waals surface area contributed by atoms with E-state index in [1.54, 1.807) is 12.1 Å². The summed E-state index contributed by atoms with van der Waals surface area (Å²) in [6.45, 7) is 9.44. The standard InChI is InChI=1S/2C15H18Cl2N2O/c1-3-15-14(10(2)19(18-15)4-5-20)8-11-6-12(16)9-13(17)7-11;1-3-15-14(10(2)18-19(15)4-5-20)8-11-6-12(16)9-13(17)7-11/h2*6-7,9,20H,3-5,8H2,1-2H3. The Morgan fingerprint density at radius 1 is 0.650 bits per heavy atom. The Bertz CT molecular complexity index is 1340. The van der Waals surface area contributed by atoms with Crippen molar-refractivity contribution in [2.24, 2.45) is 0 Å². The van der Waals surface area contributed by atoms with Crippen LogP contribution in [-0.4, -0.2) is 43.0 Å². The van der Waals surface area contributed by atoms with Crippen molar-refractivity contribution in [2.75, 3.05) is 13.2 Å². The number of hydrogen-bond acceptors (Lipinski definition) is 4. The van der Waals surface area contributed by atoms with Gasteiger partial charge in [-0.3, -0.25) is 9.36 Å². The summed E-state index contributed by atoms with van der Waals surface area (Å²) in [5.41, 5.74) is 8.84. The van der Waals surface area contributed by atoms with Crippen LogP contribution in [0.5, 0.6) is 0 Å². The molecule has 0 spiro atoms. The molecule has 0 aliphatic carbocycles. The summed E-state index contributed by atoms with van der Waals surface area (Å²) in [6.07, 6.45) is 3.24. The van der Waals surface area contributed by atoms with Gasteiger partial charge < -0.3 is 10.2 Å². The molecular weight excluding hydrogens is 590 g/mol. The molecular formula is C30H36Cl4N4O2. The maximum absolute atomic E-state index is 9.11. The van der Waals surface area contributed by atoms with E-state index in [2.05, 4.69) is 24.0 Å². The monoisotopic (exact) mass is 624 g/mol. The third-order valence-corrected chi connectivity index (χ3v) is 7.55. The fourth-order valence-electron chi connectivity index (χ4n) is 4.88. The van der Waals surface area contributed by atoms with Crippen LogP contribution in [0, 0.1) is 13.8 Å². The molecule has 0 saturated heterocycles. The highest BCUT2D eigenvalue weighted by Gasteiger charge is 2.15. The molecule has 0 amide bonds. The Kier molecular flexibility index (Phi) is 12.4. The van der Waals surface area contributed by atoms with E-state index < -0.39 is 0 Å². The Hall–Kier alpha value is -2.06. The van der Waals surface area contributed by atoms with E-state index in [0.29, 0.717) is 33.2 Å². The number of rotatable bonds is 10. The summed E-state index contributed by atoms with van der Waals surface area (Å²) < 4.78 is 3.75. The first-order valence-electron chi connectivity index (χ1n) is 13.3. The molecule has 0 atom stereocenters. The van der Waals surface area contributed by atoms with Gasteiger partial charge in [-0.2, -0.15) is 10.2 Å². The molecule has 0 aliphatic rings. The van der Waals surface area contributed by atoms with E-state index in [9.17, 15) is 0 Å². The molecule has 10 heteroatoms. The van der Waals surface area contributed by atoms with Gasteiger partial charge in [0.15, 0.2) is 0 Å². The smallest absolute Gasteiger partial charge is 0.0660 e. The number of halogens is 4. The molecule has 4 rings (SSSR count). The number of aliphatic hydroxyl groups excluding tert-OH is 2. The zero-order valence-corrected chi connectivity index (χ0v) is 26.3. The van der Waals surface area contributed by atoms with E-state index in [4.69, 9.17) is 56.6 Å². The molecule has 0 bridgehead atoms. The molecule has 2 N–H and O–H groups in total. The first-order chi connectivity index (χ1) is 19.1. The topological polar surface area (TPSA) is 76.1 Å². The average molecular weight is 626 g/mol. The van der Waals surface area contributed by atoms with Crippen LogP contribution < -0.4 is 0 Å². The summed E-state index contributed by atoms with van der Waals surface area (Å²) in [5, 5.41) is 29.8. The summed E-state index contributed by atoms with van der Waals surface area (Å²) in [5.74, 6) is 0. The first kappa shape index (κ1) is 32.5. The quantitative estimate of drug-likeness (QED) is 0.194. The zero-order valence-electron chi connectivity index (χ0n) is 23.3. The minimum Gasteiger partial charge on any atom is -0.394 e. The van der Waals surface area contributed by atoms with E-state index in [-0.39, 0.29) is 13.2 Å². The highest BCUT2D eigenvalue weighted by atomic mass is 35.5. The van der Waals surface area contributed by atoms with Gasteiger partial charge in [0, 0.05) is 55.4 Å². The Morgan fingerprint density at radius 3 is 1.57 bits per heavy atom. The molecule has 4 aromatic rings. The number of aryl methyl sites for hydroxylation is 2. The summed E-state index contributed by atoms with van der Waals surface area (Å²) in [7, 11) is 0. The van der Waals surface area contributed by atoms with Gasteiger partial charge in [0.2, 0.25) is 0 Å². The number of hydrogen-bond donors (Lipinski definition) is 2.